The highest BCUT2D eigenvalue weighted by atomic mass is 35.5. The largest absolute Gasteiger partial charge is 0.366 e. The third-order valence-electron chi connectivity index (χ3n) is 3.62. The number of rotatable bonds is 4. The Morgan fingerprint density at radius 2 is 1.76 bits per heavy atom. The van der Waals surface area contributed by atoms with Crippen LogP contribution in [0.1, 0.15) is 21.5 Å². The van der Waals surface area contributed by atoms with Crippen molar-refractivity contribution in [2.24, 2.45) is 5.73 Å². The van der Waals surface area contributed by atoms with Gasteiger partial charge in [-0.15, -0.1) is 0 Å². The summed E-state index contributed by atoms with van der Waals surface area (Å²) in [7, 11) is 0. The molecule has 0 aliphatic carbocycles. The van der Waals surface area contributed by atoms with E-state index >= 15 is 0 Å². The van der Waals surface area contributed by atoms with Gasteiger partial charge in [-0.2, -0.15) is 0 Å². The van der Waals surface area contributed by atoms with Crippen molar-refractivity contribution in [3.63, 3.8) is 0 Å². The second-order valence-corrected chi connectivity index (χ2v) is 6.79. The molecule has 0 bridgehead atoms. The molecule has 3 N–H and O–H groups in total. The number of nitrogens with zero attached hydrogens (tertiary/aromatic N) is 1. The maximum Gasteiger partial charge on any atom is 0.255 e. The van der Waals surface area contributed by atoms with E-state index < -0.39 is 5.91 Å². The van der Waals surface area contributed by atoms with E-state index in [0.29, 0.717) is 21.3 Å². The minimum absolute atomic E-state index is 0.173. The fourth-order valence-electron chi connectivity index (χ4n) is 2.13. The van der Waals surface area contributed by atoms with Gasteiger partial charge < -0.3 is 11.1 Å². The monoisotopic (exact) mass is 427 g/mol. The van der Waals surface area contributed by atoms with Crippen molar-refractivity contribution < 1.29 is 9.59 Å². The van der Waals surface area contributed by atoms with Crippen molar-refractivity contribution in [2.75, 3.05) is 5.32 Å². The third-order valence-corrected chi connectivity index (χ3v) is 4.35. The first-order valence-corrected chi connectivity index (χ1v) is 9.31. The lowest BCUT2D eigenvalue weighted by Gasteiger charge is -2.06. The van der Waals surface area contributed by atoms with Gasteiger partial charge in [-0.1, -0.05) is 47.0 Å². The summed E-state index contributed by atoms with van der Waals surface area (Å²) in [4.78, 5) is 26.1. The Morgan fingerprint density at radius 1 is 1.03 bits per heavy atom. The summed E-state index contributed by atoms with van der Waals surface area (Å²) in [5.74, 6) is -0.623. The number of carbonyl (C=O) groups is 2. The summed E-state index contributed by atoms with van der Waals surface area (Å²) >= 11 is 11.7. The van der Waals surface area contributed by atoms with E-state index in [4.69, 9.17) is 28.9 Å². The molecular formula is C22H19Cl2N3O2. The van der Waals surface area contributed by atoms with Gasteiger partial charge in [-0.3, -0.25) is 14.6 Å². The zero-order chi connectivity index (χ0) is 21.2. The molecule has 5 nitrogen and oxygen atoms in total. The number of benzene rings is 2. The normalized spacial score (nSPS) is 10.2. The second kappa shape index (κ2) is 11.0. The average molecular weight is 428 g/mol. The molecule has 0 saturated carbocycles. The number of primary amides is 1. The number of aryl methyl sites for hydroxylation is 1. The number of nitrogens with one attached hydrogen (secondary N) is 1. The average Bonchev–Trinajstić information content (AvgIpc) is 2.71. The maximum atomic E-state index is 11.9. The van der Waals surface area contributed by atoms with Crippen LogP contribution in [0.3, 0.4) is 0 Å². The highest BCUT2D eigenvalue weighted by Gasteiger charge is 2.06. The highest BCUT2D eigenvalue weighted by Crippen LogP contribution is 2.25. The lowest BCUT2D eigenvalue weighted by molar-refractivity contribution is -0.113. The molecule has 0 spiro atoms. The van der Waals surface area contributed by atoms with Crippen LogP contribution in [0, 0.1) is 6.92 Å². The van der Waals surface area contributed by atoms with E-state index in [1.165, 1.54) is 6.08 Å². The van der Waals surface area contributed by atoms with E-state index in [0.717, 1.165) is 11.1 Å². The number of nitrogens with two attached hydrogens (primary N) is 1. The van der Waals surface area contributed by atoms with Crippen molar-refractivity contribution in [3.05, 3.63) is 99.8 Å². The van der Waals surface area contributed by atoms with Crippen LogP contribution in [0.4, 0.5) is 5.69 Å². The molecule has 0 saturated heterocycles. The summed E-state index contributed by atoms with van der Waals surface area (Å²) in [6.45, 7) is 1.97. The fourth-order valence-corrected chi connectivity index (χ4v) is 2.43. The van der Waals surface area contributed by atoms with Crippen LogP contribution in [0.5, 0.6) is 0 Å². The quantitative estimate of drug-likeness (QED) is 0.565. The molecule has 7 heteroatoms. The molecule has 148 valence electrons. The number of anilines is 1. The summed E-state index contributed by atoms with van der Waals surface area (Å²) in [5, 5.41) is 3.64. The van der Waals surface area contributed by atoms with E-state index in [1.54, 1.807) is 54.9 Å². The first-order chi connectivity index (χ1) is 13.8. The lowest BCUT2D eigenvalue weighted by Crippen LogP contribution is -2.11. The number of halogens is 2. The Balaban J connectivity index is 0.000000234. The minimum Gasteiger partial charge on any atom is -0.366 e. The van der Waals surface area contributed by atoms with Crippen LogP contribution in [0.2, 0.25) is 10.0 Å². The van der Waals surface area contributed by atoms with Crippen LogP contribution in [0.15, 0.2) is 73.1 Å². The van der Waals surface area contributed by atoms with Crippen molar-refractivity contribution in [1.29, 1.82) is 0 Å². The van der Waals surface area contributed by atoms with Gasteiger partial charge in [-0.05, 0) is 55.0 Å². The SMILES string of the molecule is Cc1ccc(C(=O)Nc2ccc(Cl)c(Cl)c2)cc1.NC(=O)C=Cc1cccnc1. The number of pyridine rings is 1. The zero-order valence-corrected chi connectivity index (χ0v) is 17.1. The van der Waals surface area contributed by atoms with Gasteiger partial charge in [0.1, 0.15) is 0 Å². The lowest BCUT2D eigenvalue weighted by atomic mass is 10.1. The van der Waals surface area contributed by atoms with Crippen LogP contribution in [0.25, 0.3) is 6.08 Å². The molecule has 0 aliphatic rings. The van der Waals surface area contributed by atoms with Gasteiger partial charge >= 0.3 is 0 Å². The summed E-state index contributed by atoms with van der Waals surface area (Å²) in [6, 6.07) is 16.0. The second-order valence-electron chi connectivity index (χ2n) is 5.97. The molecular weight excluding hydrogens is 409 g/mol. The molecule has 2 amide bonds. The Kier molecular flexibility index (Phi) is 8.40. The smallest absolute Gasteiger partial charge is 0.255 e. The summed E-state index contributed by atoms with van der Waals surface area (Å²) in [5.41, 5.74) is 8.10. The van der Waals surface area contributed by atoms with Crippen LogP contribution in [-0.4, -0.2) is 16.8 Å². The molecule has 0 atom stereocenters. The molecule has 0 radical (unpaired) electrons. The van der Waals surface area contributed by atoms with Crippen LogP contribution < -0.4 is 11.1 Å². The number of hydrogen-bond acceptors (Lipinski definition) is 3. The molecule has 0 aliphatic heterocycles. The zero-order valence-electron chi connectivity index (χ0n) is 15.6. The maximum absolute atomic E-state index is 11.9. The van der Waals surface area contributed by atoms with Crippen molar-refractivity contribution >= 4 is 46.8 Å². The van der Waals surface area contributed by atoms with E-state index in [9.17, 15) is 9.59 Å². The number of hydrogen-bond donors (Lipinski definition) is 2. The topological polar surface area (TPSA) is 85.1 Å². The Labute approximate surface area is 179 Å². The Bertz CT molecular complexity index is 1000. The van der Waals surface area contributed by atoms with Gasteiger partial charge in [0.25, 0.3) is 5.91 Å². The number of amides is 2. The van der Waals surface area contributed by atoms with Crippen molar-refractivity contribution in [1.82, 2.24) is 4.98 Å². The highest BCUT2D eigenvalue weighted by molar-refractivity contribution is 6.42. The first-order valence-electron chi connectivity index (χ1n) is 8.56. The predicted molar refractivity (Wildman–Crippen MR) is 118 cm³/mol. The van der Waals surface area contributed by atoms with E-state index in [2.05, 4.69) is 10.3 Å². The van der Waals surface area contributed by atoms with Gasteiger partial charge in [0, 0.05) is 29.7 Å². The third kappa shape index (κ3) is 7.78. The molecule has 0 fully saturated rings. The minimum atomic E-state index is -0.450. The molecule has 2 aromatic carbocycles. The van der Waals surface area contributed by atoms with Gasteiger partial charge in [0.15, 0.2) is 0 Å². The van der Waals surface area contributed by atoms with Gasteiger partial charge in [-0.25, -0.2) is 0 Å². The Hall–Kier alpha value is -3.15. The molecule has 0 unspecified atom stereocenters. The molecule has 3 rings (SSSR count). The molecule has 29 heavy (non-hydrogen) atoms. The van der Waals surface area contributed by atoms with Crippen LogP contribution >= 0.6 is 23.2 Å². The van der Waals surface area contributed by atoms with Crippen molar-refractivity contribution in [3.8, 4) is 0 Å². The van der Waals surface area contributed by atoms with Crippen LogP contribution in [-0.2, 0) is 4.79 Å². The Morgan fingerprint density at radius 3 is 2.34 bits per heavy atom. The molecule has 3 aromatic rings. The number of carbonyl (C=O) groups excluding carboxylic acids is 2. The predicted octanol–water partition coefficient (Wildman–Crippen LogP) is 5.13. The van der Waals surface area contributed by atoms with Gasteiger partial charge in [0.2, 0.25) is 5.91 Å². The van der Waals surface area contributed by atoms with Crippen molar-refractivity contribution in [2.45, 2.75) is 6.92 Å². The summed E-state index contributed by atoms with van der Waals surface area (Å²) < 4.78 is 0. The van der Waals surface area contributed by atoms with E-state index in [1.807, 2.05) is 25.1 Å². The molecule has 1 aromatic heterocycles. The van der Waals surface area contributed by atoms with E-state index in [-0.39, 0.29) is 5.91 Å². The molecule has 1 heterocycles. The standard InChI is InChI=1S/C14H11Cl2NO.C8H8N2O/c1-9-2-4-10(5-3-9)14(18)17-11-6-7-12(15)13(16)8-11;9-8(11)4-3-7-2-1-5-10-6-7/h2-8H,1H3,(H,17,18);1-6H,(H2,9,11). The summed E-state index contributed by atoms with van der Waals surface area (Å²) in [6.07, 6.45) is 6.24. The number of aromatic nitrogens is 1. The van der Waals surface area contributed by atoms with Gasteiger partial charge in [0.05, 0.1) is 10.0 Å². The fraction of sp³-hybridized carbons (Fsp3) is 0.0455. The first kappa shape index (κ1) is 22.1.